The Morgan fingerprint density at radius 2 is 2.10 bits per heavy atom. The van der Waals surface area contributed by atoms with Gasteiger partial charge in [0.1, 0.15) is 5.82 Å². The van der Waals surface area contributed by atoms with Gasteiger partial charge in [-0.2, -0.15) is 5.10 Å². The van der Waals surface area contributed by atoms with Crippen LogP contribution in [0.25, 0.3) is 10.9 Å². The van der Waals surface area contributed by atoms with Crippen molar-refractivity contribution in [2.45, 2.75) is 6.92 Å². The zero-order valence-electron chi connectivity index (χ0n) is 11.3. The van der Waals surface area contributed by atoms with Gasteiger partial charge in [-0.05, 0) is 30.7 Å². The minimum atomic E-state index is -0.186. The average Bonchev–Trinajstić information content (AvgIpc) is 2.80. The molecule has 20 heavy (non-hydrogen) atoms. The molecule has 0 fully saturated rings. The van der Waals surface area contributed by atoms with Gasteiger partial charge in [-0.25, -0.2) is 4.98 Å². The summed E-state index contributed by atoms with van der Waals surface area (Å²) in [4.78, 5) is 16.3. The molecule has 1 N–H and O–H groups in total. The molecule has 0 aliphatic rings. The molecule has 3 rings (SSSR count). The van der Waals surface area contributed by atoms with Crippen LogP contribution in [0.1, 0.15) is 15.9 Å². The predicted molar refractivity (Wildman–Crippen MR) is 77.6 cm³/mol. The molecule has 0 aliphatic carbocycles. The highest BCUT2D eigenvalue weighted by atomic mass is 16.1. The zero-order valence-corrected chi connectivity index (χ0v) is 11.3. The molecule has 0 saturated carbocycles. The molecule has 5 nitrogen and oxygen atoms in total. The highest BCUT2D eigenvalue weighted by molar-refractivity contribution is 6.05. The molecule has 2 heterocycles. The average molecular weight is 266 g/mol. The molecular formula is C15H14N4O. The largest absolute Gasteiger partial charge is 0.307 e. The van der Waals surface area contributed by atoms with Crippen molar-refractivity contribution in [3.05, 3.63) is 53.9 Å². The quantitative estimate of drug-likeness (QED) is 0.775. The van der Waals surface area contributed by atoms with E-state index in [1.54, 1.807) is 29.1 Å². The normalized spacial score (nSPS) is 10.7. The Morgan fingerprint density at radius 1 is 1.25 bits per heavy atom. The molecule has 0 bridgehead atoms. The molecular weight excluding hydrogens is 252 g/mol. The van der Waals surface area contributed by atoms with E-state index in [-0.39, 0.29) is 5.91 Å². The summed E-state index contributed by atoms with van der Waals surface area (Å²) < 4.78 is 1.73. The lowest BCUT2D eigenvalue weighted by Gasteiger charge is -2.04. The maximum atomic E-state index is 12.2. The Morgan fingerprint density at radius 3 is 2.85 bits per heavy atom. The molecule has 3 aromatic rings. The van der Waals surface area contributed by atoms with Crippen LogP contribution in [0.5, 0.6) is 0 Å². The predicted octanol–water partition coefficient (Wildman–Crippen LogP) is 2.53. The fraction of sp³-hybridized carbons (Fsp3) is 0.133. The standard InChI is InChI=1S/C15H14N4O/c1-10-3-6-14(16-8-10)17-15(20)11-4-5-12-9-19(2)18-13(12)7-11/h3-9H,1-2H3,(H,16,17,20). The second-order valence-electron chi connectivity index (χ2n) is 4.75. The fourth-order valence-corrected chi connectivity index (χ4v) is 2.01. The number of nitrogens with zero attached hydrogens (tertiary/aromatic N) is 3. The first-order chi connectivity index (χ1) is 9.61. The van der Waals surface area contributed by atoms with E-state index >= 15 is 0 Å². The maximum absolute atomic E-state index is 12.2. The Balaban J connectivity index is 1.86. The summed E-state index contributed by atoms with van der Waals surface area (Å²) in [6.07, 6.45) is 3.64. The number of hydrogen-bond acceptors (Lipinski definition) is 3. The Kier molecular flexibility index (Phi) is 2.95. The summed E-state index contributed by atoms with van der Waals surface area (Å²) in [5.74, 6) is 0.357. The van der Waals surface area contributed by atoms with Crippen LogP contribution in [-0.2, 0) is 7.05 Å². The van der Waals surface area contributed by atoms with Gasteiger partial charge >= 0.3 is 0 Å². The van der Waals surface area contributed by atoms with E-state index in [2.05, 4.69) is 15.4 Å². The second kappa shape index (κ2) is 4.77. The van der Waals surface area contributed by atoms with E-state index in [1.807, 2.05) is 32.3 Å². The lowest BCUT2D eigenvalue weighted by molar-refractivity contribution is 0.102. The molecule has 0 atom stereocenters. The van der Waals surface area contributed by atoms with E-state index in [4.69, 9.17) is 0 Å². The smallest absolute Gasteiger partial charge is 0.256 e. The number of nitrogens with one attached hydrogen (secondary N) is 1. The monoisotopic (exact) mass is 266 g/mol. The molecule has 1 amide bonds. The first-order valence-electron chi connectivity index (χ1n) is 6.29. The summed E-state index contributed by atoms with van der Waals surface area (Å²) in [6, 6.07) is 9.14. The maximum Gasteiger partial charge on any atom is 0.256 e. The zero-order chi connectivity index (χ0) is 14.1. The highest BCUT2D eigenvalue weighted by Gasteiger charge is 2.08. The molecule has 0 saturated heterocycles. The topological polar surface area (TPSA) is 59.8 Å². The second-order valence-corrected chi connectivity index (χ2v) is 4.75. The summed E-state index contributed by atoms with van der Waals surface area (Å²) in [7, 11) is 1.86. The first kappa shape index (κ1) is 12.3. The van der Waals surface area contributed by atoms with Crippen LogP contribution < -0.4 is 5.32 Å². The van der Waals surface area contributed by atoms with Crippen LogP contribution >= 0.6 is 0 Å². The molecule has 100 valence electrons. The number of fused-ring (bicyclic) bond motifs is 1. The lowest BCUT2D eigenvalue weighted by Crippen LogP contribution is -2.12. The fourth-order valence-electron chi connectivity index (χ4n) is 2.01. The van der Waals surface area contributed by atoms with Crippen LogP contribution in [-0.4, -0.2) is 20.7 Å². The number of hydrogen-bond donors (Lipinski definition) is 1. The molecule has 5 heteroatoms. The minimum Gasteiger partial charge on any atom is -0.307 e. The summed E-state index contributed by atoms with van der Waals surface area (Å²) in [5.41, 5.74) is 2.42. The number of pyridine rings is 1. The van der Waals surface area contributed by atoms with Gasteiger partial charge in [0.05, 0.1) is 5.52 Å². The molecule has 0 aliphatic heterocycles. The van der Waals surface area contributed by atoms with Crippen molar-refractivity contribution in [1.82, 2.24) is 14.8 Å². The first-order valence-corrected chi connectivity index (χ1v) is 6.29. The number of benzene rings is 1. The van der Waals surface area contributed by atoms with Crippen LogP contribution in [0, 0.1) is 6.92 Å². The minimum absolute atomic E-state index is 0.186. The molecule has 2 aromatic heterocycles. The highest BCUT2D eigenvalue weighted by Crippen LogP contribution is 2.15. The van der Waals surface area contributed by atoms with Gasteiger partial charge in [0, 0.05) is 30.4 Å². The Labute approximate surface area is 116 Å². The van der Waals surface area contributed by atoms with Crippen molar-refractivity contribution in [2.24, 2.45) is 7.05 Å². The van der Waals surface area contributed by atoms with Gasteiger partial charge in [-0.1, -0.05) is 12.1 Å². The van der Waals surface area contributed by atoms with E-state index in [1.165, 1.54) is 0 Å². The van der Waals surface area contributed by atoms with Crippen LogP contribution in [0.15, 0.2) is 42.7 Å². The Bertz CT molecular complexity index is 774. The van der Waals surface area contributed by atoms with Crippen LogP contribution in [0.2, 0.25) is 0 Å². The third-order valence-corrected chi connectivity index (χ3v) is 3.04. The SMILES string of the molecule is Cc1ccc(NC(=O)c2ccc3cn(C)nc3c2)nc1. The van der Waals surface area contributed by atoms with Crippen molar-refractivity contribution < 1.29 is 4.79 Å². The van der Waals surface area contributed by atoms with Gasteiger partial charge in [-0.15, -0.1) is 0 Å². The lowest BCUT2D eigenvalue weighted by atomic mass is 10.1. The van der Waals surface area contributed by atoms with Gasteiger partial charge < -0.3 is 5.32 Å². The van der Waals surface area contributed by atoms with Crippen molar-refractivity contribution >= 4 is 22.6 Å². The van der Waals surface area contributed by atoms with Crippen LogP contribution in [0.3, 0.4) is 0 Å². The van der Waals surface area contributed by atoms with Crippen molar-refractivity contribution in [3.63, 3.8) is 0 Å². The van der Waals surface area contributed by atoms with E-state index < -0.39 is 0 Å². The number of aromatic nitrogens is 3. The third-order valence-electron chi connectivity index (χ3n) is 3.04. The van der Waals surface area contributed by atoms with Gasteiger partial charge in [0.2, 0.25) is 0 Å². The number of rotatable bonds is 2. The van der Waals surface area contributed by atoms with E-state index in [0.29, 0.717) is 11.4 Å². The van der Waals surface area contributed by atoms with Crippen molar-refractivity contribution in [2.75, 3.05) is 5.32 Å². The summed E-state index contributed by atoms with van der Waals surface area (Å²) in [6.45, 7) is 1.95. The number of carbonyl (C=O) groups is 1. The summed E-state index contributed by atoms with van der Waals surface area (Å²) in [5, 5.41) is 8.08. The van der Waals surface area contributed by atoms with Gasteiger partial charge in [0.25, 0.3) is 5.91 Å². The molecule has 0 unspecified atom stereocenters. The van der Waals surface area contributed by atoms with Crippen LogP contribution in [0.4, 0.5) is 5.82 Å². The Hall–Kier alpha value is -2.69. The third kappa shape index (κ3) is 2.38. The van der Waals surface area contributed by atoms with E-state index in [0.717, 1.165) is 16.5 Å². The number of anilines is 1. The molecule has 0 spiro atoms. The number of amides is 1. The van der Waals surface area contributed by atoms with Crippen molar-refractivity contribution in [1.29, 1.82) is 0 Å². The van der Waals surface area contributed by atoms with Gasteiger partial charge in [-0.3, -0.25) is 9.48 Å². The van der Waals surface area contributed by atoms with E-state index in [9.17, 15) is 4.79 Å². The molecule has 1 aromatic carbocycles. The molecule has 0 radical (unpaired) electrons. The van der Waals surface area contributed by atoms with Crippen molar-refractivity contribution in [3.8, 4) is 0 Å². The number of carbonyl (C=O) groups excluding carboxylic acids is 1. The summed E-state index contributed by atoms with van der Waals surface area (Å²) >= 11 is 0. The van der Waals surface area contributed by atoms with Gasteiger partial charge in [0.15, 0.2) is 0 Å². The number of aryl methyl sites for hydroxylation is 2.